The predicted octanol–water partition coefficient (Wildman–Crippen LogP) is 1.02. The molecule has 0 aliphatic rings. The minimum atomic E-state index is 0.632. The first-order chi connectivity index (χ1) is 6.76. The van der Waals surface area contributed by atoms with E-state index in [1.165, 1.54) is 0 Å². The van der Waals surface area contributed by atoms with Gasteiger partial charge in [0.25, 0.3) is 0 Å². The molecule has 0 spiro atoms. The van der Waals surface area contributed by atoms with Gasteiger partial charge in [-0.15, -0.1) is 0 Å². The Morgan fingerprint density at radius 3 is 3.00 bits per heavy atom. The molecule has 0 aliphatic carbocycles. The molecule has 1 aromatic rings. The fourth-order valence-electron chi connectivity index (χ4n) is 1.14. The van der Waals surface area contributed by atoms with Gasteiger partial charge in [0.05, 0.1) is 11.6 Å². The second-order valence-corrected chi connectivity index (χ2v) is 3.06. The summed E-state index contributed by atoms with van der Waals surface area (Å²) >= 11 is 0. The lowest BCUT2D eigenvalue weighted by atomic mass is 10.2. The topological polar surface area (TPSA) is 74.7 Å². The number of nitrogens with one attached hydrogen (secondary N) is 1. The number of pyridine rings is 1. The Morgan fingerprint density at radius 1 is 1.57 bits per heavy atom. The van der Waals surface area contributed by atoms with E-state index >= 15 is 0 Å². The van der Waals surface area contributed by atoms with Crippen LogP contribution in [0.5, 0.6) is 0 Å². The summed E-state index contributed by atoms with van der Waals surface area (Å²) in [7, 11) is 0. The number of nitrogens with two attached hydrogens (primary N) is 1. The van der Waals surface area contributed by atoms with Gasteiger partial charge in [0.2, 0.25) is 0 Å². The molecule has 1 aromatic heterocycles. The van der Waals surface area contributed by atoms with Crippen molar-refractivity contribution in [3.8, 4) is 6.07 Å². The van der Waals surface area contributed by atoms with Gasteiger partial charge < -0.3 is 11.1 Å². The van der Waals surface area contributed by atoms with E-state index in [4.69, 9.17) is 11.0 Å². The van der Waals surface area contributed by atoms with Gasteiger partial charge in [-0.25, -0.2) is 4.98 Å². The Balaban J connectivity index is 2.68. The third kappa shape index (κ3) is 3.04. The predicted molar refractivity (Wildman–Crippen MR) is 55.9 cm³/mol. The summed E-state index contributed by atoms with van der Waals surface area (Å²) in [5.41, 5.74) is 6.84. The molecular weight excluding hydrogens is 176 g/mol. The van der Waals surface area contributed by atoms with Crippen LogP contribution in [0.4, 0.5) is 5.82 Å². The van der Waals surface area contributed by atoms with Crippen LogP contribution in [0.15, 0.2) is 12.1 Å². The Hall–Kier alpha value is -1.60. The van der Waals surface area contributed by atoms with Crippen molar-refractivity contribution in [3.63, 3.8) is 0 Å². The highest BCUT2D eigenvalue weighted by Gasteiger charge is 1.98. The van der Waals surface area contributed by atoms with Gasteiger partial charge in [0.15, 0.2) is 0 Å². The maximum atomic E-state index is 8.73. The quantitative estimate of drug-likeness (QED) is 0.695. The van der Waals surface area contributed by atoms with E-state index in [9.17, 15) is 0 Å². The molecule has 0 radical (unpaired) electrons. The van der Waals surface area contributed by atoms with Crippen LogP contribution in [0.1, 0.15) is 17.7 Å². The molecule has 0 aliphatic heterocycles. The van der Waals surface area contributed by atoms with E-state index in [0.717, 1.165) is 24.5 Å². The smallest absolute Gasteiger partial charge is 0.127 e. The van der Waals surface area contributed by atoms with Crippen LogP contribution >= 0.6 is 0 Å². The summed E-state index contributed by atoms with van der Waals surface area (Å²) in [5, 5.41) is 11.9. The van der Waals surface area contributed by atoms with Crippen molar-refractivity contribution in [1.29, 1.82) is 5.26 Å². The van der Waals surface area contributed by atoms with Crippen LogP contribution in [0, 0.1) is 18.3 Å². The standard InChI is InChI=1S/C10H14N4/c1-8-5-9(7-12)6-10(14-8)13-4-2-3-11/h5-6H,2-4,11H2,1H3,(H,13,14). The van der Waals surface area contributed by atoms with Crippen molar-refractivity contribution in [2.24, 2.45) is 5.73 Å². The van der Waals surface area contributed by atoms with Gasteiger partial charge in [0.1, 0.15) is 5.82 Å². The summed E-state index contributed by atoms with van der Waals surface area (Å²) in [6, 6.07) is 5.59. The number of anilines is 1. The molecule has 1 rings (SSSR count). The van der Waals surface area contributed by atoms with Crippen LogP contribution in [-0.4, -0.2) is 18.1 Å². The highest BCUT2D eigenvalue weighted by molar-refractivity contribution is 5.44. The van der Waals surface area contributed by atoms with E-state index in [1.807, 2.05) is 6.92 Å². The van der Waals surface area contributed by atoms with Crippen molar-refractivity contribution in [2.45, 2.75) is 13.3 Å². The van der Waals surface area contributed by atoms with Crippen LogP contribution in [0.3, 0.4) is 0 Å². The molecule has 3 N–H and O–H groups in total. The van der Waals surface area contributed by atoms with Crippen LogP contribution < -0.4 is 11.1 Å². The maximum Gasteiger partial charge on any atom is 0.127 e. The first kappa shape index (κ1) is 10.5. The average molecular weight is 190 g/mol. The van der Waals surface area contributed by atoms with Gasteiger partial charge in [-0.1, -0.05) is 0 Å². The Labute approximate surface area is 83.8 Å². The minimum Gasteiger partial charge on any atom is -0.370 e. The summed E-state index contributed by atoms with van der Waals surface area (Å²) in [6.45, 7) is 3.32. The zero-order valence-corrected chi connectivity index (χ0v) is 8.25. The van der Waals surface area contributed by atoms with Crippen LogP contribution in [0.2, 0.25) is 0 Å². The lowest BCUT2D eigenvalue weighted by Crippen LogP contribution is -2.09. The first-order valence-electron chi connectivity index (χ1n) is 4.59. The van der Waals surface area contributed by atoms with Gasteiger partial charge in [-0.05, 0) is 32.0 Å². The van der Waals surface area contributed by atoms with E-state index < -0.39 is 0 Å². The number of nitriles is 1. The molecule has 0 aromatic carbocycles. The number of nitrogens with zero attached hydrogens (tertiary/aromatic N) is 2. The molecule has 0 saturated carbocycles. The normalized spacial score (nSPS) is 9.50. The molecule has 74 valence electrons. The Kier molecular flexibility index (Phi) is 3.89. The largest absolute Gasteiger partial charge is 0.370 e. The second-order valence-electron chi connectivity index (χ2n) is 3.06. The summed E-state index contributed by atoms with van der Waals surface area (Å²) in [4.78, 5) is 4.25. The van der Waals surface area contributed by atoms with E-state index in [-0.39, 0.29) is 0 Å². The van der Waals surface area contributed by atoms with Crippen LogP contribution in [0.25, 0.3) is 0 Å². The SMILES string of the molecule is Cc1cc(C#N)cc(NCCCN)n1. The fraction of sp³-hybridized carbons (Fsp3) is 0.400. The average Bonchev–Trinajstić information content (AvgIpc) is 2.17. The zero-order valence-electron chi connectivity index (χ0n) is 8.25. The lowest BCUT2D eigenvalue weighted by Gasteiger charge is -2.05. The molecule has 0 saturated heterocycles. The second kappa shape index (κ2) is 5.20. The van der Waals surface area contributed by atoms with Crippen molar-refractivity contribution >= 4 is 5.82 Å². The summed E-state index contributed by atoms with van der Waals surface area (Å²) < 4.78 is 0. The van der Waals surface area contributed by atoms with Crippen molar-refractivity contribution in [2.75, 3.05) is 18.4 Å². The molecule has 0 atom stereocenters. The maximum absolute atomic E-state index is 8.73. The van der Waals surface area contributed by atoms with Crippen molar-refractivity contribution in [3.05, 3.63) is 23.4 Å². The summed E-state index contributed by atoms with van der Waals surface area (Å²) in [5.74, 6) is 0.745. The van der Waals surface area contributed by atoms with Crippen LogP contribution in [-0.2, 0) is 0 Å². The Bertz CT molecular complexity index is 340. The molecule has 0 fully saturated rings. The number of hydrogen-bond acceptors (Lipinski definition) is 4. The lowest BCUT2D eigenvalue weighted by molar-refractivity contribution is 0.869. The first-order valence-corrected chi connectivity index (χ1v) is 4.59. The third-order valence-corrected chi connectivity index (χ3v) is 1.77. The molecular formula is C10H14N4. The minimum absolute atomic E-state index is 0.632. The number of aryl methyl sites for hydroxylation is 1. The van der Waals surface area contributed by atoms with E-state index in [2.05, 4.69) is 16.4 Å². The Morgan fingerprint density at radius 2 is 2.36 bits per heavy atom. The van der Waals surface area contributed by atoms with Gasteiger partial charge in [-0.2, -0.15) is 5.26 Å². The monoisotopic (exact) mass is 190 g/mol. The number of hydrogen-bond donors (Lipinski definition) is 2. The van der Waals surface area contributed by atoms with Gasteiger partial charge in [0, 0.05) is 12.2 Å². The number of rotatable bonds is 4. The zero-order chi connectivity index (χ0) is 10.4. The molecule has 0 amide bonds. The highest BCUT2D eigenvalue weighted by Crippen LogP contribution is 2.08. The number of aromatic nitrogens is 1. The molecule has 4 nitrogen and oxygen atoms in total. The van der Waals surface area contributed by atoms with Crippen molar-refractivity contribution < 1.29 is 0 Å². The molecule has 14 heavy (non-hydrogen) atoms. The third-order valence-electron chi connectivity index (χ3n) is 1.77. The van der Waals surface area contributed by atoms with Gasteiger partial charge in [-0.3, -0.25) is 0 Å². The molecule has 4 heteroatoms. The molecule has 0 bridgehead atoms. The highest BCUT2D eigenvalue weighted by atomic mass is 15.0. The van der Waals surface area contributed by atoms with E-state index in [1.54, 1.807) is 12.1 Å². The molecule has 1 heterocycles. The molecule has 0 unspecified atom stereocenters. The van der Waals surface area contributed by atoms with E-state index in [0.29, 0.717) is 12.1 Å². The summed E-state index contributed by atoms with van der Waals surface area (Å²) in [6.07, 6.45) is 0.900. The fourth-order valence-corrected chi connectivity index (χ4v) is 1.14. The van der Waals surface area contributed by atoms with Crippen molar-refractivity contribution in [1.82, 2.24) is 4.98 Å². The van der Waals surface area contributed by atoms with Gasteiger partial charge >= 0.3 is 0 Å².